The maximum atomic E-state index is 13.1. The zero-order valence-electron chi connectivity index (χ0n) is 13.1. The van der Waals surface area contributed by atoms with Crippen LogP contribution in [0.3, 0.4) is 0 Å². The molecule has 0 radical (unpaired) electrons. The van der Waals surface area contributed by atoms with Crippen LogP contribution in [0.1, 0.15) is 43.7 Å². The van der Waals surface area contributed by atoms with E-state index in [1.807, 2.05) is 12.1 Å². The first kappa shape index (κ1) is 14.7. The molecule has 1 atom stereocenters. The fraction of sp³-hybridized carbons (Fsp3) is 0.647. The molecule has 2 aliphatic heterocycles. The number of sulfonamides is 1. The summed E-state index contributed by atoms with van der Waals surface area (Å²) in [5.41, 5.74) is 2.70. The minimum atomic E-state index is -3.36. The van der Waals surface area contributed by atoms with Gasteiger partial charge in [-0.2, -0.15) is 4.31 Å². The summed E-state index contributed by atoms with van der Waals surface area (Å²) in [5, 5.41) is 3.33. The zero-order valence-corrected chi connectivity index (χ0v) is 14.0. The second-order valence-corrected chi connectivity index (χ2v) is 9.20. The van der Waals surface area contributed by atoms with Gasteiger partial charge in [0.05, 0.1) is 4.90 Å². The average Bonchev–Trinajstić information content (AvgIpc) is 2.85. The summed E-state index contributed by atoms with van der Waals surface area (Å²) in [7, 11) is -3.36. The highest BCUT2D eigenvalue weighted by atomic mass is 32.2. The minimum Gasteiger partial charge on any atom is -0.312 e. The van der Waals surface area contributed by atoms with E-state index in [-0.39, 0.29) is 11.5 Å². The van der Waals surface area contributed by atoms with Crippen molar-refractivity contribution < 1.29 is 8.42 Å². The molecular formula is C17H24N2O2S. The highest BCUT2D eigenvalue weighted by Gasteiger charge is 2.49. The quantitative estimate of drug-likeness (QED) is 0.909. The van der Waals surface area contributed by atoms with Gasteiger partial charge in [0, 0.05) is 19.1 Å². The van der Waals surface area contributed by atoms with Crippen molar-refractivity contribution in [1.29, 1.82) is 0 Å². The molecule has 5 heteroatoms. The molecule has 1 aromatic carbocycles. The second-order valence-electron chi connectivity index (χ2n) is 7.31. The molecular weight excluding hydrogens is 296 g/mol. The number of benzene rings is 1. The molecule has 4 nitrogen and oxygen atoms in total. The number of fused-ring (bicyclic) bond motifs is 1. The minimum absolute atomic E-state index is 0.128. The Morgan fingerprint density at radius 1 is 1.27 bits per heavy atom. The highest BCUT2D eigenvalue weighted by molar-refractivity contribution is 7.89. The lowest BCUT2D eigenvalue weighted by Crippen LogP contribution is -2.37. The van der Waals surface area contributed by atoms with Crippen molar-refractivity contribution in [3.63, 3.8) is 0 Å². The van der Waals surface area contributed by atoms with Crippen molar-refractivity contribution in [1.82, 2.24) is 9.62 Å². The summed E-state index contributed by atoms with van der Waals surface area (Å²) in [4.78, 5) is 0.483. The molecule has 0 aromatic heterocycles. The first-order chi connectivity index (χ1) is 10.5. The van der Waals surface area contributed by atoms with Gasteiger partial charge in [-0.05, 0) is 67.8 Å². The van der Waals surface area contributed by atoms with E-state index < -0.39 is 10.0 Å². The van der Waals surface area contributed by atoms with Gasteiger partial charge in [0.2, 0.25) is 10.0 Å². The number of hydrogen-bond acceptors (Lipinski definition) is 3. The Morgan fingerprint density at radius 2 is 2.09 bits per heavy atom. The monoisotopic (exact) mass is 320 g/mol. The molecule has 120 valence electrons. The molecule has 4 rings (SSSR count). The van der Waals surface area contributed by atoms with Gasteiger partial charge in [0.25, 0.3) is 0 Å². The lowest BCUT2D eigenvalue weighted by Gasteiger charge is -2.38. The summed E-state index contributed by atoms with van der Waals surface area (Å²) < 4.78 is 27.9. The van der Waals surface area contributed by atoms with E-state index >= 15 is 0 Å². The third kappa shape index (κ3) is 2.22. The summed E-state index contributed by atoms with van der Waals surface area (Å²) in [5.74, 6) is 0. The van der Waals surface area contributed by atoms with Gasteiger partial charge in [-0.1, -0.05) is 12.5 Å². The van der Waals surface area contributed by atoms with Crippen LogP contribution in [-0.2, 0) is 23.0 Å². The van der Waals surface area contributed by atoms with Crippen molar-refractivity contribution in [3.8, 4) is 0 Å². The Kier molecular flexibility index (Phi) is 3.36. The molecule has 2 heterocycles. The average molecular weight is 320 g/mol. The summed E-state index contributed by atoms with van der Waals surface area (Å²) in [6, 6.07) is 5.81. The molecule has 2 fully saturated rings. The summed E-state index contributed by atoms with van der Waals surface area (Å²) in [6.45, 7) is 4.56. The number of rotatable bonds is 2. The molecule has 22 heavy (non-hydrogen) atoms. The molecule has 1 saturated carbocycles. The second kappa shape index (κ2) is 5.05. The molecule has 1 N–H and O–H groups in total. The van der Waals surface area contributed by atoms with Crippen molar-refractivity contribution in [2.45, 2.75) is 56.5 Å². The maximum Gasteiger partial charge on any atom is 0.243 e. The first-order valence-electron chi connectivity index (χ1n) is 8.35. The Morgan fingerprint density at radius 3 is 2.77 bits per heavy atom. The smallest absolute Gasteiger partial charge is 0.243 e. The van der Waals surface area contributed by atoms with Crippen LogP contribution in [0.4, 0.5) is 0 Å². The molecule has 1 saturated heterocycles. The molecule has 1 aromatic rings. The van der Waals surface area contributed by atoms with Crippen molar-refractivity contribution in [2.75, 3.05) is 13.1 Å². The Labute approximate surface area is 132 Å². The van der Waals surface area contributed by atoms with Gasteiger partial charge in [-0.3, -0.25) is 0 Å². The maximum absolute atomic E-state index is 13.1. The molecule has 1 spiro atoms. The highest BCUT2D eigenvalue weighted by Crippen LogP contribution is 2.51. The standard InChI is InChI=1S/C17H24N2O2S/c1-13-10-17(6-2-7-17)12-19(13)22(20,21)16-4-3-15-11-18-8-5-14(15)9-16/h3-4,9,13,18H,2,5-8,10-12H2,1H3. The number of nitrogens with zero attached hydrogens (tertiary/aromatic N) is 1. The molecule has 0 bridgehead atoms. The van der Waals surface area contributed by atoms with Crippen molar-refractivity contribution in [2.24, 2.45) is 5.41 Å². The predicted octanol–water partition coefficient (Wildman–Crippen LogP) is 2.29. The van der Waals surface area contributed by atoms with Gasteiger partial charge in [0.15, 0.2) is 0 Å². The van der Waals surface area contributed by atoms with E-state index in [4.69, 9.17) is 0 Å². The largest absolute Gasteiger partial charge is 0.312 e. The normalized spacial score (nSPS) is 27.6. The molecule has 1 aliphatic carbocycles. The molecule has 1 unspecified atom stereocenters. The van der Waals surface area contributed by atoms with Crippen molar-refractivity contribution >= 4 is 10.0 Å². The fourth-order valence-corrected chi connectivity index (χ4v) is 6.18. The summed E-state index contributed by atoms with van der Waals surface area (Å²) in [6.07, 6.45) is 5.59. The molecule has 0 amide bonds. The van der Waals surface area contributed by atoms with E-state index in [0.29, 0.717) is 4.90 Å². The van der Waals surface area contributed by atoms with Gasteiger partial charge in [0.1, 0.15) is 0 Å². The van der Waals surface area contributed by atoms with Crippen LogP contribution >= 0.6 is 0 Å². The Hall–Kier alpha value is -0.910. The zero-order chi connectivity index (χ0) is 15.4. The van der Waals surface area contributed by atoms with Crippen molar-refractivity contribution in [3.05, 3.63) is 29.3 Å². The van der Waals surface area contributed by atoms with Crippen LogP contribution in [0.5, 0.6) is 0 Å². The van der Waals surface area contributed by atoms with Gasteiger partial charge < -0.3 is 5.32 Å². The Balaban J connectivity index is 1.66. The number of nitrogens with one attached hydrogen (secondary N) is 1. The topological polar surface area (TPSA) is 49.4 Å². The Bertz CT molecular complexity index is 695. The van der Waals surface area contributed by atoms with Crippen LogP contribution in [0.25, 0.3) is 0 Å². The van der Waals surface area contributed by atoms with Crippen LogP contribution in [0, 0.1) is 5.41 Å². The van der Waals surface area contributed by atoms with E-state index in [1.165, 1.54) is 30.4 Å². The van der Waals surface area contributed by atoms with E-state index in [0.717, 1.165) is 32.5 Å². The van der Waals surface area contributed by atoms with Gasteiger partial charge >= 0.3 is 0 Å². The SMILES string of the molecule is CC1CC2(CCC2)CN1S(=O)(=O)c1ccc2c(c1)CCNC2. The van der Waals surface area contributed by atoms with Gasteiger partial charge in [-0.25, -0.2) is 8.42 Å². The third-order valence-corrected chi connectivity index (χ3v) is 7.75. The molecule has 3 aliphatic rings. The fourth-order valence-electron chi connectivity index (χ4n) is 4.39. The van der Waals surface area contributed by atoms with E-state index in [1.54, 1.807) is 10.4 Å². The summed E-state index contributed by atoms with van der Waals surface area (Å²) >= 11 is 0. The number of hydrogen-bond donors (Lipinski definition) is 1. The third-order valence-electron chi connectivity index (χ3n) is 5.80. The lowest BCUT2D eigenvalue weighted by molar-refractivity contribution is 0.152. The predicted molar refractivity (Wildman–Crippen MR) is 86.1 cm³/mol. The van der Waals surface area contributed by atoms with Crippen LogP contribution < -0.4 is 5.32 Å². The first-order valence-corrected chi connectivity index (χ1v) is 9.79. The lowest BCUT2D eigenvalue weighted by atomic mass is 9.68. The van der Waals surface area contributed by atoms with E-state index in [9.17, 15) is 8.42 Å². The van der Waals surface area contributed by atoms with E-state index in [2.05, 4.69) is 12.2 Å². The van der Waals surface area contributed by atoms with Crippen LogP contribution in [-0.4, -0.2) is 31.9 Å². The van der Waals surface area contributed by atoms with Crippen LogP contribution in [0.15, 0.2) is 23.1 Å². The van der Waals surface area contributed by atoms with Crippen LogP contribution in [0.2, 0.25) is 0 Å². The van der Waals surface area contributed by atoms with Gasteiger partial charge in [-0.15, -0.1) is 0 Å².